The molecule has 1 amide bonds. The van der Waals surface area contributed by atoms with Crippen molar-refractivity contribution in [2.75, 3.05) is 46.4 Å². The number of rotatable bonds is 5. The number of halogens is 1. The molecule has 0 N–H and O–H groups in total. The molecule has 1 unspecified atom stereocenters. The molecular weight excluding hydrogens is 350 g/mol. The molecule has 1 aromatic carbocycles. The van der Waals surface area contributed by atoms with Crippen LogP contribution in [0.3, 0.4) is 0 Å². The molecule has 0 aliphatic carbocycles. The second-order valence-corrected chi connectivity index (χ2v) is 7.85. The molecule has 0 spiro atoms. The summed E-state index contributed by atoms with van der Waals surface area (Å²) in [6.45, 7) is 8.29. The van der Waals surface area contributed by atoms with Gasteiger partial charge in [0.2, 0.25) is 5.91 Å². The highest BCUT2D eigenvalue weighted by molar-refractivity contribution is 6.31. The molecule has 2 aliphatic rings. The lowest BCUT2D eigenvalue weighted by molar-refractivity contribution is -0.136. The van der Waals surface area contributed by atoms with Gasteiger partial charge in [-0.1, -0.05) is 17.7 Å². The highest BCUT2D eigenvalue weighted by atomic mass is 35.5. The Morgan fingerprint density at radius 1 is 1.15 bits per heavy atom. The lowest BCUT2D eigenvalue weighted by Gasteiger charge is -2.38. The van der Waals surface area contributed by atoms with Gasteiger partial charge in [0.25, 0.3) is 0 Å². The van der Waals surface area contributed by atoms with E-state index in [2.05, 4.69) is 21.6 Å². The topological polar surface area (TPSA) is 36.0 Å². The van der Waals surface area contributed by atoms with Crippen LogP contribution in [-0.2, 0) is 11.3 Å². The molecule has 2 saturated heterocycles. The van der Waals surface area contributed by atoms with E-state index in [9.17, 15) is 4.79 Å². The summed E-state index contributed by atoms with van der Waals surface area (Å²) in [5.41, 5.74) is 1.12. The molecule has 0 bridgehead atoms. The van der Waals surface area contributed by atoms with Crippen molar-refractivity contribution in [2.45, 2.75) is 38.8 Å². The Bertz CT molecular complexity index is 617. The molecule has 5 nitrogen and oxygen atoms in total. The summed E-state index contributed by atoms with van der Waals surface area (Å²) in [6.07, 6.45) is 3.53. The van der Waals surface area contributed by atoms with Gasteiger partial charge in [-0.25, -0.2) is 0 Å². The van der Waals surface area contributed by atoms with Crippen LogP contribution in [0.5, 0.6) is 5.75 Å². The quantitative estimate of drug-likeness (QED) is 0.788. The van der Waals surface area contributed by atoms with E-state index in [0.29, 0.717) is 18.5 Å². The maximum Gasteiger partial charge on any atom is 0.236 e. The van der Waals surface area contributed by atoms with E-state index < -0.39 is 0 Å². The average Bonchev–Trinajstić information content (AvgIpc) is 2.65. The summed E-state index contributed by atoms with van der Waals surface area (Å²) in [5.74, 6) is 1.08. The van der Waals surface area contributed by atoms with E-state index in [4.69, 9.17) is 16.3 Å². The summed E-state index contributed by atoms with van der Waals surface area (Å²) >= 11 is 6.36. The van der Waals surface area contributed by atoms with Gasteiger partial charge >= 0.3 is 0 Å². The van der Waals surface area contributed by atoms with Crippen LogP contribution in [0.15, 0.2) is 18.2 Å². The zero-order chi connectivity index (χ0) is 18.5. The Morgan fingerprint density at radius 2 is 1.88 bits per heavy atom. The predicted octanol–water partition coefficient (Wildman–Crippen LogP) is 2.87. The van der Waals surface area contributed by atoms with Gasteiger partial charge in [-0.2, -0.15) is 0 Å². The van der Waals surface area contributed by atoms with Gasteiger partial charge in [-0.15, -0.1) is 0 Å². The van der Waals surface area contributed by atoms with Crippen molar-refractivity contribution < 1.29 is 9.53 Å². The van der Waals surface area contributed by atoms with Crippen LogP contribution in [0.2, 0.25) is 5.02 Å². The number of carbonyl (C=O) groups excluding carboxylic acids is 1. The molecule has 144 valence electrons. The molecule has 0 saturated carbocycles. The van der Waals surface area contributed by atoms with Crippen LogP contribution in [0, 0.1) is 0 Å². The van der Waals surface area contributed by atoms with Crippen molar-refractivity contribution in [3.63, 3.8) is 0 Å². The highest BCUT2D eigenvalue weighted by Gasteiger charge is 2.26. The monoisotopic (exact) mass is 379 g/mol. The number of hydrogen-bond donors (Lipinski definition) is 0. The Kier molecular flexibility index (Phi) is 6.79. The van der Waals surface area contributed by atoms with E-state index in [0.717, 1.165) is 68.4 Å². The van der Waals surface area contributed by atoms with E-state index in [1.165, 1.54) is 6.42 Å². The minimum Gasteiger partial charge on any atom is -0.497 e. The Balaban J connectivity index is 1.46. The highest BCUT2D eigenvalue weighted by Crippen LogP contribution is 2.24. The minimum atomic E-state index is 0.295. The summed E-state index contributed by atoms with van der Waals surface area (Å²) in [5, 5.41) is 0.751. The lowest BCUT2D eigenvalue weighted by Crippen LogP contribution is -2.51. The van der Waals surface area contributed by atoms with Gasteiger partial charge < -0.3 is 9.64 Å². The maximum atomic E-state index is 12.6. The fourth-order valence-corrected chi connectivity index (χ4v) is 4.11. The zero-order valence-corrected chi connectivity index (χ0v) is 16.7. The molecule has 0 aromatic heterocycles. The third-order valence-electron chi connectivity index (χ3n) is 5.60. The van der Waals surface area contributed by atoms with Gasteiger partial charge in [0, 0.05) is 50.3 Å². The molecule has 2 heterocycles. The van der Waals surface area contributed by atoms with Crippen molar-refractivity contribution in [2.24, 2.45) is 0 Å². The first-order valence-electron chi connectivity index (χ1n) is 9.63. The minimum absolute atomic E-state index is 0.295. The van der Waals surface area contributed by atoms with E-state index in [1.54, 1.807) is 7.11 Å². The van der Waals surface area contributed by atoms with Crippen LogP contribution >= 0.6 is 11.6 Å². The lowest BCUT2D eigenvalue weighted by atomic mass is 10.0. The van der Waals surface area contributed by atoms with Gasteiger partial charge in [0.05, 0.1) is 13.7 Å². The molecule has 1 atom stereocenters. The van der Waals surface area contributed by atoms with Crippen LogP contribution in [0.25, 0.3) is 0 Å². The summed E-state index contributed by atoms with van der Waals surface area (Å²) in [7, 11) is 1.65. The number of likely N-dealkylation sites (tertiary alicyclic amines) is 1. The Morgan fingerprint density at radius 3 is 2.54 bits per heavy atom. The maximum absolute atomic E-state index is 12.6. The fourth-order valence-electron chi connectivity index (χ4n) is 3.88. The molecular formula is C20H30ClN3O2. The van der Waals surface area contributed by atoms with Crippen LogP contribution in [0.1, 0.15) is 31.7 Å². The SMILES string of the molecule is COc1ccc(CN2CCN(CC(=O)N3CCCCC3C)CC2)c(Cl)c1. The predicted molar refractivity (Wildman–Crippen MR) is 105 cm³/mol. The van der Waals surface area contributed by atoms with Crippen LogP contribution in [0.4, 0.5) is 0 Å². The third kappa shape index (κ3) is 4.90. The van der Waals surface area contributed by atoms with E-state index in [-0.39, 0.29) is 0 Å². The third-order valence-corrected chi connectivity index (χ3v) is 5.95. The Labute approximate surface area is 161 Å². The smallest absolute Gasteiger partial charge is 0.236 e. The second-order valence-electron chi connectivity index (χ2n) is 7.44. The molecule has 1 aromatic rings. The molecule has 26 heavy (non-hydrogen) atoms. The van der Waals surface area contributed by atoms with Crippen molar-refractivity contribution in [3.8, 4) is 5.75 Å². The number of piperidine rings is 1. The number of hydrogen-bond acceptors (Lipinski definition) is 4. The largest absolute Gasteiger partial charge is 0.497 e. The van der Waals surface area contributed by atoms with Crippen molar-refractivity contribution >= 4 is 17.5 Å². The molecule has 2 aliphatic heterocycles. The molecule has 3 rings (SSSR count). The first-order chi connectivity index (χ1) is 12.6. The van der Waals surface area contributed by atoms with Crippen molar-refractivity contribution in [3.05, 3.63) is 28.8 Å². The Hall–Kier alpha value is -1.30. The molecule has 2 fully saturated rings. The number of amides is 1. The van der Waals surface area contributed by atoms with Crippen molar-refractivity contribution in [1.29, 1.82) is 0 Å². The van der Waals surface area contributed by atoms with Gasteiger partial charge in [0.1, 0.15) is 5.75 Å². The molecule has 0 radical (unpaired) electrons. The number of nitrogens with zero attached hydrogens (tertiary/aromatic N) is 3. The number of carbonyl (C=O) groups is 1. The first-order valence-corrected chi connectivity index (χ1v) is 10.0. The van der Waals surface area contributed by atoms with E-state index >= 15 is 0 Å². The summed E-state index contributed by atoms with van der Waals surface area (Å²) in [4.78, 5) is 19.4. The number of ether oxygens (including phenoxy) is 1. The van der Waals surface area contributed by atoms with Gasteiger partial charge in [-0.05, 0) is 43.9 Å². The summed E-state index contributed by atoms with van der Waals surface area (Å²) in [6, 6.07) is 6.26. The average molecular weight is 380 g/mol. The standard InChI is InChI=1S/C20H30ClN3O2/c1-16-5-3-4-8-24(16)20(25)15-23-11-9-22(10-12-23)14-17-6-7-18(26-2)13-19(17)21/h6-7,13,16H,3-5,8-12,14-15H2,1-2H3. The van der Waals surface area contributed by atoms with E-state index in [1.807, 2.05) is 18.2 Å². The van der Waals surface area contributed by atoms with Gasteiger partial charge in [-0.3, -0.25) is 14.6 Å². The number of methoxy groups -OCH3 is 1. The first kappa shape index (κ1) is 19.5. The normalized spacial score (nSPS) is 22.4. The zero-order valence-electron chi connectivity index (χ0n) is 15.9. The summed E-state index contributed by atoms with van der Waals surface area (Å²) < 4.78 is 5.21. The number of piperazine rings is 1. The second kappa shape index (κ2) is 9.07. The molecule has 6 heteroatoms. The van der Waals surface area contributed by atoms with Crippen LogP contribution < -0.4 is 4.74 Å². The van der Waals surface area contributed by atoms with Crippen molar-refractivity contribution in [1.82, 2.24) is 14.7 Å². The van der Waals surface area contributed by atoms with Gasteiger partial charge in [0.15, 0.2) is 0 Å². The fraction of sp³-hybridized carbons (Fsp3) is 0.650. The van der Waals surface area contributed by atoms with Crippen LogP contribution in [-0.4, -0.2) is 73.0 Å². The number of benzene rings is 1.